The molecule has 0 aliphatic heterocycles. The lowest BCUT2D eigenvalue weighted by Gasteiger charge is -2.28. The van der Waals surface area contributed by atoms with E-state index < -0.39 is 0 Å². The van der Waals surface area contributed by atoms with E-state index in [0.717, 1.165) is 78.3 Å². The Hall–Kier alpha value is -9.96. The van der Waals surface area contributed by atoms with Crippen molar-refractivity contribution in [3.05, 3.63) is 290 Å². The van der Waals surface area contributed by atoms with E-state index in [1.807, 2.05) is 6.07 Å². The molecule has 13 aromatic carbocycles. The number of hydrogen-bond acceptors (Lipinski definition) is 3. The molecule has 1 aromatic heterocycles. The lowest BCUT2D eigenvalue weighted by molar-refractivity contribution is 0.660. The summed E-state index contributed by atoms with van der Waals surface area (Å²) in [5.41, 5.74) is 20.3. The number of hydrogen-bond donors (Lipinski definition) is 0. The first-order chi connectivity index (χ1) is 38.4. The van der Waals surface area contributed by atoms with E-state index in [9.17, 15) is 0 Å². The third-order valence-electron chi connectivity index (χ3n) is 16.4. The fourth-order valence-electron chi connectivity index (χ4n) is 12.6. The van der Waals surface area contributed by atoms with Crippen molar-refractivity contribution in [2.24, 2.45) is 0 Å². The van der Waals surface area contributed by atoms with Gasteiger partial charge in [0.1, 0.15) is 11.2 Å². The molecule has 0 N–H and O–H groups in total. The minimum Gasteiger partial charge on any atom is -0.455 e. The van der Waals surface area contributed by atoms with Crippen LogP contribution >= 0.6 is 0 Å². The van der Waals surface area contributed by atoms with Crippen LogP contribution in [-0.2, 0) is 5.41 Å². The summed E-state index contributed by atoms with van der Waals surface area (Å²) in [4.78, 5) is 4.72. The van der Waals surface area contributed by atoms with Crippen molar-refractivity contribution >= 4 is 88.4 Å². The van der Waals surface area contributed by atoms with Gasteiger partial charge < -0.3 is 14.2 Å². The van der Waals surface area contributed by atoms with E-state index in [0.29, 0.717) is 0 Å². The monoisotopic (exact) mass is 996 g/mol. The maximum Gasteiger partial charge on any atom is 0.143 e. The Morgan fingerprint density at radius 3 is 1.23 bits per heavy atom. The first-order valence-electron chi connectivity index (χ1n) is 27.0. The Labute approximate surface area is 454 Å². The normalized spacial score (nSPS) is 12.6. The molecule has 0 bridgehead atoms. The van der Waals surface area contributed by atoms with Crippen LogP contribution in [0.4, 0.5) is 34.1 Å². The molecule has 0 spiro atoms. The minimum atomic E-state index is -0.272. The van der Waals surface area contributed by atoms with Gasteiger partial charge in [0, 0.05) is 55.9 Å². The first kappa shape index (κ1) is 45.4. The second-order valence-electron chi connectivity index (χ2n) is 21.2. The Balaban J connectivity index is 0.807. The van der Waals surface area contributed by atoms with Gasteiger partial charge in [-0.25, -0.2) is 0 Å². The van der Waals surface area contributed by atoms with Crippen LogP contribution in [0.3, 0.4) is 0 Å². The van der Waals surface area contributed by atoms with Crippen molar-refractivity contribution in [2.45, 2.75) is 19.3 Å². The third-order valence-corrected chi connectivity index (χ3v) is 16.4. The van der Waals surface area contributed by atoms with Gasteiger partial charge >= 0.3 is 0 Å². The highest BCUT2D eigenvalue weighted by Crippen LogP contribution is 2.52. The summed E-state index contributed by atoms with van der Waals surface area (Å²) in [7, 11) is 0. The van der Waals surface area contributed by atoms with Gasteiger partial charge in [-0.1, -0.05) is 202 Å². The maximum absolute atomic E-state index is 6.55. The predicted molar refractivity (Wildman–Crippen MR) is 329 cm³/mol. The van der Waals surface area contributed by atoms with E-state index in [2.05, 4.69) is 297 Å². The molecule has 0 fully saturated rings. The molecule has 1 aliphatic carbocycles. The average Bonchev–Trinajstić information content (AvgIpc) is 4.19. The molecule has 0 saturated carbocycles. The summed E-state index contributed by atoms with van der Waals surface area (Å²) in [5.74, 6) is 0. The predicted octanol–water partition coefficient (Wildman–Crippen LogP) is 21.3. The molecular weight excluding hydrogens is 945 g/mol. The lowest BCUT2D eigenvalue weighted by atomic mass is 9.81. The summed E-state index contributed by atoms with van der Waals surface area (Å²) in [5, 5.41) is 9.96. The zero-order valence-electron chi connectivity index (χ0n) is 43.4. The van der Waals surface area contributed by atoms with E-state index in [-0.39, 0.29) is 5.41 Å². The van der Waals surface area contributed by atoms with E-state index in [1.165, 1.54) is 65.7 Å². The summed E-state index contributed by atoms with van der Waals surface area (Å²) in [6.07, 6.45) is 0. The molecule has 3 heteroatoms. The van der Waals surface area contributed by atoms with Crippen molar-refractivity contribution < 1.29 is 4.42 Å². The topological polar surface area (TPSA) is 19.6 Å². The summed E-state index contributed by atoms with van der Waals surface area (Å²) < 4.78 is 6.55. The van der Waals surface area contributed by atoms with Crippen LogP contribution < -0.4 is 9.80 Å². The highest BCUT2D eigenvalue weighted by atomic mass is 16.3. The number of benzene rings is 13. The van der Waals surface area contributed by atoms with Crippen LogP contribution in [0.5, 0.6) is 0 Å². The van der Waals surface area contributed by atoms with Gasteiger partial charge in [-0.2, -0.15) is 0 Å². The average molecular weight is 997 g/mol. The quantitative estimate of drug-likeness (QED) is 0.134. The Kier molecular flexibility index (Phi) is 10.6. The van der Waals surface area contributed by atoms with E-state index in [4.69, 9.17) is 4.42 Å². The number of furan rings is 1. The summed E-state index contributed by atoms with van der Waals surface area (Å²) in [6, 6.07) is 102. The van der Waals surface area contributed by atoms with Crippen molar-refractivity contribution in [3.8, 4) is 44.5 Å². The van der Waals surface area contributed by atoms with Gasteiger partial charge in [-0.15, -0.1) is 0 Å². The van der Waals surface area contributed by atoms with Crippen LogP contribution in [0.25, 0.3) is 98.8 Å². The van der Waals surface area contributed by atoms with Gasteiger partial charge in [0.05, 0.1) is 0 Å². The molecule has 15 rings (SSSR count). The van der Waals surface area contributed by atoms with Gasteiger partial charge in [0.25, 0.3) is 0 Å². The highest BCUT2D eigenvalue weighted by molar-refractivity contribution is 6.25. The van der Waals surface area contributed by atoms with Crippen LogP contribution in [0, 0.1) is 0 Å². The molecule has 1 heterocycles. The van der Waals surface area contributed by atoms with Crippen LogP contribution in [0.2, 0.25) is 0 Å². The van der Waals surface area contributed by atoms with Gasteiger partial charge in [-0.05, 0) is 173 Å². The molecular formula is C75H52N2O. The standard InChI is InChI=1S/C75H52N2O/c1-75(2)71-47-53(60-25-15-26-69-68-24-13-14-27-73(68)78-74(60)69)35-44-66(71)67-45-42-59(48-72(67)75)77(57-38-30-50(31-39-57)49-28-36-56(37-29-49)76(54-16-5-3-6-17-54)55-18-7-4-8-19-55)58-40-32-51(33-41-58)52-34-43-65-63-22-10-9-20-61(63)62-21-11-12-23-64(62)70(65)46-52/h3-48H,1-2H3. The molecule has 0 amide bonds. The molecule has 1 aliphatic rings. The molecule has 0 saturated heterocycles. The molecule has 14 aromatic rings. The van der Waals surface area contributed by atoms with Crippen molar-refractivity contribution in [1.29, 1.82) is 0 Å². The number of para-hydroxylation sites is 4. The van der Waals surface area contributed by atoms with E-state index in [1.54, 1.807) is 0 Å². The van der Waals surface area contributed by atoms with Crippen LogP contribution in [0.15, 0.2) is 283 Å². The van der Waals surface area contributed by atoms with Gasteiger partial charge in [-0.3, -0.25) is 0 Å². The highest BCUT2D eigenvalue weighted by Gasteiger charge is 2.36. The Morgan fingerprint density at radius 2 is 0.654 bits per heavy atom. The zero-order valence-corrected chi connectivity index (χ0v) is 43.4. The molecule has 78 heavy (non-hydrogen) atoms. The summed E-state index contributed by atoms with van der Waals surface area (Å²) in [6.45, 7) is 4.75. The zero-order chi connectivity index (χ0) is 51.9. The molecule has 0 atom stereocenters. The largest absolute Gasteiger partial charge is 0.455 e. The van der Waals surface area contributed by atoms with E-state index >= 15 is 0 Å². The summed E-state index contributed by atoms with van der Waals surface area (Å²) >= 11 is 0. The molecule has 0 unspecified atom stereocenters. The smallest absolute Gasteiger partial charge is 0.143 e. The van der Waals surface area contributed by atoms with Crippen molar-refractivity contribution in [3.63, 3.8) is 0 Å². The Morgan fingerprint density at radius 1 is 0.256 bits per heavy atom. The second kappa shape index (κ2) is 18.1. The van der Waals surface area contributed by atoms with Crippen molar-refractivity contribution in [1.82, 2.24) is 0 Å². The Bertz CT molecular complexity index is 4540. The first-order valence-corrected chi connectivity index (χ1v) is 27.0. The number of rotatable bonds is 9. The SMILES string of the molecule is CC1(C)c2cc(-c3cccc4c3oc3ccccc34)ccc2-c2ccc(N(c3ccc(-c4ccc(N(c5ccccc5)c5ccccc5)cc4)cc3)c3ccc(-c4ccc5c6ccccc6c6ccccc6c5c4)cc3)cc21. The van der Waals surface area contributed by atoms with Gasteiger partial charge in [0.2, 0.25) is 0 Å². The molecule has 368 valence electrons. The maximum atomic E-state index is 6.55. The minimum absolute atomic E-state index is 0.272. The molecule has 0 radical (unpaired) electrons. The number of nitrogens with zero attached hydrogens (tertiary/aromatic N) is 2. The fourth-order valence-corrected chi connectivity index (χ4v) is 12.6. The second-order valence-corrected chi connectivity index (χ2v) is 21.2. The van der Waals surface area contributed by atoms with Crippen LogP contribution in [-0.4, -0.2) is 0 Å². The fraction of sp³-hybridized carbons (Fsp3) is 0.0400. The lowest BCUT2D eigenvalue weighted by Crippen LogP contribution is -2.16. The molecule has 3 nitrogen and oxygen atoms in total. The van der Waals surface area contributed by atoms with Gasteiger partial charge in [0.15, 0.2) is 0 Å². The van der Waals surface area contributed by atoms with Crippen LogP contribution in [0.1, 0.15) is 25.0 Å². The third kappa shape index (κ3) is 7.42. The number of fused-ring (bicyclic) bond motifs is 12. The van der Waals surface area contributed by atoms with Crippen molar-refractivity contribution in [2.75, 3.05) is 9.80 Å². The number of anilines is 6.